The summed E-state index contributed by atoms with van der Waals surface area (Å²) in [6.45, 7) is 4.46. The van der Waals surface area contributed by atoms with Gasteiger partial charge in [0.2, 0.25) is 0 Å². The molecule has 2 aromatic heterocycles. The van der Waals surface area contributed by atoms with Gasteiger partial charge in [0, 0.05) is 47.4 Å². The monoisotopic (exact) mass is 826 g/mol. The summed E-state index contributed by atoms with van der Waals surface area (Å²) in [5.41, 5.74) is 7.57. The highest BCUT2D eigenvalue weighted by atomic mass is 16.5. The third-order valence-corrected chi connectivity index (χ3v) is 16.5. The Balaban J connectivity index is 0.000000138. The number of carboxylic acid groups (broad SMARTS) is 2. The van der Waals surface area contributed by atoms with Crippen molar-refractivity contribution in [3.05, 3.63) is 125 Å². The lowest BCUT2D eigenvalue weighted by molar-refractivity contribution is 0.00454. The van der Waals surface area contributed by atoms with Crippen LogP contribution in [0.5, 0.6) is 11.5 Å². The number of benzene rings is 2. The summed E-state index contributed by atoms with van der Waals surface area (Å²) in [6.07, 6.45) is 12.5. The summed E-state index contributed by atoms with van der Waals surface area (Å²) in [6, 6.07) is 16.4. The molecule has 6 aliphatic carbocycles. The van der Waals surface area contributed by atoms with E-state index in [4.69, 9.17) is 4.74 Å². The van der Waals surface area contributed by atoms with Crippen molar-refractivity contribution in [3.8, 4) is 11.5 Å². The van der Waals surface area contributed by atoms with Gasteiger partial charge >= 0.3 is 11.9 Å². The zero-order valence-electron chi connectivity index (χ0n) is 34.7. The lowest BCUT2D eigenvalue weighted by Crippen LogP contribution is -2.63. The standard InChI is InChI=1S/C25H28N2O4.C24H26N2O4/c1-31-17-5-4-15-10-22-20-9-16-8-18(24(29)30)23(28)26-21(16)12-25(20,19(15)11-17)6-7-27(22)13-14-2-3-14;27-16-4-3-14-9-21-19-8-15-7-17(23(29)30)22(28)25-20(15)11-24(19,18(14)10-16)5-6-26(21)12-13-1-2-13/h4-5,8,11,14,20,22H,2-3,6-7,9-10,12-13H2,1H3,(H,26,28)(H,29,30);3-4,7,10,13,19,21,27H,1-2,5-6,8-9,11-12H2,(H,25,28)(H,29,30)/t20-,22+,25+;19-,21+,24+/m00/s1. The molecule has 0 amide bonds. The van der Waals surface area contributed by atoms with Gasteiger partial charge in [-0.15, -0.1) is 0 Å². The number of carbonyl (C=O) groups is 2. The number of pyridine rings is 2. The van der Waals surface area contributed by atoms with Crippen LogP contribution in [-0.2, 0) is 49.4 Å². The smallest absolute Gasteiger partial charge is 0.341 e. The molecule has 318 valence electrons. The Kier molecular flexibility index (Phi) is 8.99. The summed E-state index contributed by atoms with van der Waals surface area (Å²) >= 11 is 0. The zero-order valence-corrected chi connectivity index (χ0v) is 34.7. The Morgan fingerprint density at radius 2 is 1.15 bits per heavy atom. The third-order valence-electron chi connectivity index (χ3n) is 16.5. The van der Waals surface area contributed by atoms with Gasteiger partial charge in [0.25, 0.3) is 11.1 Å². The number of methoxy groups -OCH3 is 1. The predicted octanol–water partition coefficient (Wildman–Crippen LogP) is 5.25. The number of likely N-dealkylation sites (tertiary alicyclic amines) is 2. The molecule has 0 spiro atoms. The Hall–Kier alpha value is -5.20. The number of carboxylic acids is 2. The van der Waals surface area contributed by atoms with Gasteiger partial charge in [-0.1, -0.05) is 12.1 Å². The Morgan fingerprint density at radius 1 is 0.672 bits per heavy atom. The molecule has 12 rings (SSSR count). The summed E-state index contributed by atoms with van der Waals surface area (Å²) in [5.74, 6) is 1.29. The fourth-order valence-electron chi connectivity index (χ4n) is 13.2. The number of hydrogen-bond donors (Lipinski definition) is 5. The van der Waals surface area contributed by atoms with E-state index in [0.717, 1.165) is 105 Å². The van der Waals surface area contributed by atoms with Crippen LogP contribution in [0.4, 0.5) is 0 Å². The SMILES string of the molecule is COc1ccc2c(c1)[C@]13CCN(CC4CC4)[C@H](C2)[C@@H]1Cc1cc(C(=O)O)c(=O)[nH]c1C3.O=C(O)c1cc2c([nH]c1=O)C[C@]13CCN(CC4CC4)[C@H](Cc4ccc(O)cc41)[C@@H]3C2. The van der Waals surface area contributed by atoms with Crippen LogP contribution in [0.2, 0.25) is 0 Å². The normalized spacial score (nSPS) is 29.3. The molecule has 8 aliphatic rings. The first-order chi connectivity index (χ1) is 29.4. The molecule has 2 aliphatic heterocycles. The minimum Gasteiger partial charge on any atom is -0.508 e. The first kappa shape index (κ1) is 38.7. The first-order valence-corrected chi connectivity index (χ1v) is 22.4. The summed E-state index contributed by atoms with van der Waals surface area (Å²) < 4.78 is 5.57. The Bertz CT molecular complexity index is 2610. The maximum absolute atomic E-state index is 12.4. The second kappa shape index (κ2) is 14.2. The van der Waals surface area contributed by atoms with Gasteiger partial charge in [-0.05, 0) is 184 Å². The van der Waals surface area contributed by atoms with Gasteiger partial charge in [-0.2, -0.15) is 0 Å². The van der Waals surface area contributed by atoms with E-state index in [0.29, 0.717) is 36.1 Å². The average molecular weight is 827 g/mol. The molecular formula is C49H54N4O8. The van der Waals surface area contributed by atoms with Gasteiger partial charge < -0.3 is 30.0 Å². The van der Waals surface area contributed by atoms with E-state index in [1.165, 1.54) is 54.5 Å². The number of nitrogens with zero attached hydrogens (tertiary/aromatic N) is 2. The predicted molar refractivity (Wildman–Crippen MR) is 227 cm³/mol. The largest absolute Gasteiger partial charge is 0.508 e. The quantitative estimate of drug-likeness (QED) is 0.166. The van der Waals surface area contributed by atoms with Crippen molar-refractivity contribution in [1.82, 2.24) is 19.8 Å². The maximum atomic E-state index is 12.4. The minimum atomic E-state index is -1.17. The third kappa shape index (κ3) is 6.38. The number of aromatic hydroxyl groups is 1. The van der Waals surface area contributed by atoms with E-state index in [1.807, 2.05) is 6.07 Å². The molecule has 4 heterocycles. The summed E-state index contributed by atoms with van der Waals surface area (Å²) in [5, 5.41) is 29.1. The van der Waals surface area contributed by atoms with Crippen molar-refractivity contribution in [2.45, 2.75) is 100.0 Å². The second-order valence-electron chi connectivity index (χ2n) is 19.7. The number of piperidine rings is 2. The van der Waals surface area contributed by atoms with E-state index in [2.05, 4.69) is 44.0 Å². The van der Waals surface area contributed by atoms with Crippen molar-refractivity contribution in [2.24, 2.45) is 23.7 Å². The van der Waals surface area contributed by atoms with E-state index in [-0.39, 0.29) is 22.0 Å². The zero-order chi connectivity index (χ0) is 41.9. The molecule has 4 bridgehead atoms. The van der Waals surface area contributed by atoms with Crippen molar-refractivity contribution in [1.29, 1.82) is 0 Å². The molecule has 2 saturated carbocycles. The van der Waals surface area contributed by atoms with Gasteiger partial charge in [0.15, 0.2) is 0 Å². The highest BCUT2D eigenvalue weighted by Gasteiger charge is 2.57. The molecule has 0 radical (unpaired) electrons. The molecule has 0 unspecified atom stereocenters. The molecule has 12 nitrogen and oxygen atoms in total. The Morgan fingerprint density at radius 3 is 1.61 bits per heavy atom. The van der Waals surface area contributed by atoms with Crippen molar-refractivity contribution in [2.75, 3.05) is 33.3 Å². The second-order valence-corrected chi connectivity index (χ2v) is 19.7. The van der Waals surface area contributed by atoms with E-state index >= 15 is 0 Å². The molecule has 61 heavy (non-hydrogen) atoms. The van der Waals surface area contributed by atoms with E-state index in [1.54, 1.807) is 25.3 Å². The molecule has 2 saturated heterocycles. The molecule has 6 atom stereocenters. The number of fused-ring (bicyclic) bond motifs is 4. The van der Waals surface area contributed by atoms with Crippen molar-refractivity contribution in [3.63, 3.8) is 0 Å². The molecule has 4 fully saturated rings. The number of nitrogens with one attached hydrogen (secondary N) is 2. The van der Waals surface area contributed by atoms with Crippen LogP contribution in [-0.4, -0.2) is 92.4 Å². The number of aromatic nitrogens is 2. The van der Waals surface area contributed by atoms with Gasteiger partial charge in [-0.3, -0.25) is 19.4 Å². The maximum Gasteiger partial charge on any atom is 0.341 e. The average Bonchev–Trinajstić information content (AvgIpc) is 4.19. The first-order valence-electron chi connectivity index (χ1n) is 22.4. The number of H-pyrrole nitrogens is 2. The van der Waals surface area contributed by atoms with Gasteiger partial charge in [-0.25, -0.2) is 9.59 Å². The van der Waals surface area contributed by atoms with E-state index < -0.39 is 23.1 Å². The molecule has 2 aromatic carbocycles. The number of ether oxygens (including phenoxy) is 1. The van der Waals surface area contributed by atoms with Crippen LogP contribution in [0.1, 0.15) is 104 Å². The number of hydrogen-bond acceptors (Lipinski definition) is 8. The topological polar surface area (TPSA) is 176 Å². The van der Waals surface area contributed by atoms with Crippen molar-refractivity contribution >= 4 is 11.9 Å². The van der Waals surface area contributed by atoms with E-state index in [9.17, 15) is 34.5 Å². The van der Waals surface area contributed by atoms with Crippen LogP contribution in [0.25, 0.3) is 0 Å². The highest BCUT2D eigenvalue weighted by molar-refractivity contribution is 5.88. The minimum absolute atomic E-state index is 0.0342. The van der Waals surface area contributed by atoms with Crippen LogP contribution in [0.3, 0.4) is 0 Å². The molecule has 4 aromatic rings. The number of phenolic OH excluding ortho intramolecular Hbond substituents is 1. The molecular weight excluding hydrogens is 773 g/mol. The van der Waals surface area contributed by atoms with Gasteiger partial charge in [0.1, 0.15) is 22.6 Å². The van der Waals surface area contributed by atoms with Crippen LogP contribution in [0.15, 0.2) is 58.1 Å². The number of rotatable bonds is 7. The number of aromatic amines is 2. The summed E-state index contributed by atoms with van der Waals surface area (Å²) in [4.78, 5) is 59.1. The summed E-state index contributed by atoms with van der Waals surface area (Å²) in [7, 11) is 1.71. The van der Waals surface area contributed by atoms with Crippen LogP contribution >= 0.6 is 0 Å². The highest BCUT2D eigenvalue weighted by Crippen LogP contribution is 2.57. The fourth-order valence-corrected chi connectivity index (χ4v) is 13.2. The number of aromatic carboxylic acids is 2. The lowest BCUT2D eigenvalue weighted by Gasteiger charge is -2.59. The fraction of sp³-hybridized carbons (Fsp3) is 0.510. The molecule has 5 N–H and O–H groups in total. The van der Waals surface area contributed by atoms with Crippen molar-refractivity contribution < 1.29 is 29.6 Å². The number of phenols is 1. The van der Waals surface area contributed by atoms with Crippen LogP contribution < -0.4 is 15.9 Å². The molecule has 12 heteroatoms. The van der Waals surface area contributed by atoms with Crippen LogP contribution in [0, 0.1) is 23.7 Å². The van der Waals surface area contributed by atoms with Gasteiger partial charge in [0.05, 0.1) is 7.11 Å². The Labute approximate surface area is 354 Å². The lowest BCUT2D eigenvalue weighted by atomic mass is 9.52.